The van der Waals surface area contributed by atoms with E-state index in [4.69, 9.17) is 4.74 Å². The molecule has 0 bridgehead atoms. The summed E-state index contributed by atoms with van der Waals surface area (Å²) in [6.07, 6.45) is 0.864. The number of carbonyl (C=O) groups excluding carboxylic acids is 1. The van der Waals surface area contributed by atoms with E-state index in [1.54, 1.807) is 13.0 Å². The number of nitrogens with one attached hydrogen (secondary N) is 3. The molecule has 1 heterocycles. The number of sulfonamides is 1. The van der Waals surface area contributed by atoms with E-state index in [1.165, 1.54) is 19.2 Å². The standard InChI is InChI=1S/C17H27N3O4S/c1-12-4-5-14(25(22,23)19-8-9-24-3)10-15(12)17(21)20-16-6-7-18-11-13(16)2/h4-5,10,13,16,18-19H,6-9,11H2,1-3H3,(H,20,21). The fourth-order valence-electron chi connectivity index (χ4n) is 2.85. The Morgan fingerprint density at radius 3 is 2.84 bits per heavy atom. The molecule has 0 aliphatic carbocycles. The number of methoxy groups -OCH3 is 1. The van der Waals surface area contributed by atoms with Gasteiger partial charge in [-0.25, -0.2) is 13.1 Å². The molecule has 0 spiro atoms. The van der Waals surface area contributed by atoms with Crippen LogP contribution in [0.25, 0.3) is 0 Å². The predicted molar refractivity (Wildman–Crippen MR) is 96.1 cm³/mol. The second kappa shape index (κ2) is 8.75. The predicted octanol–water partition coefficient (Wildman–Crippen LogP) is 0.648. The molecule has 1 aromatic rings. The third-order valence-corrected chi connectivity index (χ3v) is 5.92. The molecule has 2 rings (SSSR count). The van der Waals surface area contributed by atoms with Gasteiger partial charge in [-0.05, 0) is 50.0 Å². The van der Waals surface area contributed by atoms with Gasteiger partial charge in [-0.2, -0.15) is 0 Å². The van der Waals surface area contributed by atoms with E-state index in [9.17, 15) is 13.2 Å². The summed E-state index contributed by atoms with van der Waals surface area (Å²) in [5, 5.41) is 6.34. The number of hydrogen-bond donors (Lipinski definition) is 3. The number of carbonyl (C=O) groups is 1. The Kier molecular flexibility index (Phi) is 6.95. The second-order valence-electron chi connectivity index (χ2n) is 6.42. The topological polar surface area (TPSA) is 96.5 Å². The van der Waals surface area contributed by atoms with Crippen molar-refractivity contribution in [3.63, 3.8) is 0 Å². The molecule has 1 aliphatic heterocycles. The van der Waals surface area contributed by atoms with Gasteiger partial charge in [0.15, 0.2) is 0 Å². The van der Waals surface area contributed by atoms with Crippen molar-refractivity contribution in [1.82, 2.24) is 15.4 Å². The minimum atomic E-state index is -3.67. The van der Waals surface area contributed by atoms with Crippen LogP contribution in [0.15, 0.2) is 23.1 Å². The lowest BCUT2D eigenvalue weighted by atomic mass is 9.95. The van der Waals surface area contributed by atoms with E-state index >= 15 is 0 Å². The Bertz CT molecular complexity index is 706. The molecule has 2 atom stereocenters. The number of aryl methyl sites for hydroxylation is 1. The van der Waals surface area contributed by atoms with Crippen LogP contribution in [0.4, 0.5) is 0 Å². The van der Waals surface area contributed by atoms with Crippen molar-refractivity contribution >= 4 is 15.9 Å². The molecule has 1 fully saturated rings. The Morgan fingerprint density at radius 2 is 2.16 bits per heavy atom. The van der Waals surface area contributed by atoms with Gasteiger partial charge in [-0.1, -0.05) is 13.0 Å². The first kappa shape index (κ1) is 19.8. The zero-order valence-corrected chi connectivity index (χ0v) is 15.8. The van der Waals surface area contributed by atoms with Gasteiger partial charge in [0, 0.05) is 25.3 Å². The maximum absolute atomic E-state index is 12.7. The lowest BCUT2D eigenvalue weighted by molar-refractivity contribution is 0.0913. The van der Waals surface area contributed by atoms with Crippen LogP contribution in [-0.4, -0.2) is 53.7 Å². The Morgan fingerprint density at radius 1 is 1.40 bits per heavy atom. The quantitative estimate of drug-likeness (QED) is 0.613. The normalized spacial score (nSPS) is 21.1. The van der Waals surface area contributed by atoms with E-state index in [1.807, 2.05) is 0 Å². The second-order valence-corrected chi connectivity index (χ2v) is 8.18. The zero-order valence-electron chi connectivity index (χ0n) is 15.0. The smallest absolute Gasteiger partial charge is 0.251 e. The highest BCUT2D eigenvalue weighted by Gasteiger charge is 2.24. The van der Waals surface area contributed by atoms with Crippen LogP contribution in [0.1, 0.15) is 29.3 Å². The van der Waals surface area contributed by atoms with Gasteiger partial charge in [0.1, 0.15) is 0 Å². The van der Waals surface area contributed by atoms with E-state index in [-0.39, 0.29) is 30.0 Å². The van der Waals surface area contributed by atoms with Crippen LogP contribution in [0.3, 0.4) is 0 Å². The van der Waals surface area contributed by atoms with Crippen molar-refractivity contribution in [2.75, 3.05) is 33.4 Å². The lowest BCUT2D eigenvalue weighted by Crippen LogP contribution is -2.48. The lowest BCUT2D eigenvalue weighted by Gasteiger charge is -2.30. The number of piperidine rings is 1. The molecule has 1 aliphatic rings. The van der Waals surface area contributed by atoms with Gasteiger partial charge in [0.05, 0.1) is 11.5 Å². The number of amides is 1. The number of rotatable bonds is 7. The van der Waals surface area contributed by atoms with Crippen molar-refractivity contribution in [3.05, 3.63) is 29.3 Å². The molecule has 0 aromatic heterocycles. The maximum atomic E-state index is 12.7. The minimum Gasteiger partial charge on any atom is -0.383 e. The summed E-state index contributed by atoms with van der Waals surface area (Å²) in [6, 6.07) is 4.69. The molecule has 0 saturated carbocycles. The zero-order chi connectivity index (χ0) is 18.4. The molecule has 7 nitrogen and oxygen atoms in total. The van der Waals surface area contributed by atoms with E-state index in [0.29, 0.717) is 11.5 Å². The highest BCUT2D eigenvalue weighted by Crippen LogP contribution is 2.17. The molecule has 1 saturated heterocycles. The summed E-state index contributed by atoms with van der Waals surface area (Å²) in [6.45, 7) is 6.08. The van der Waals surface area contributed by atoms with Gasteiger partial charge < -0.3 is 15.4 Å². The van der Waals surface area contributed by atoms with Gasteiger partial charge in [0.25, 0.3) is 5.91 Å². The van der Waals surface area contributed by atoms with Gasteiger partial charge in [0.2, 0.25) is 10.0 Å². The third-order valence-electron chi connectivity index (χ3n) is 4.46. The van der Waals surface area contributed by atoms with Gasteiger partial charge in [-0.15, -0.1) is 0 Å². The van der Waals surface area contributed by atoms with E-state index < -0.39 is 10.0 Å². The van der Waals surface area contributed by atoms with Crippen molar-refractivity contribution in [3.8, 4) is 0 Å². The van der Waals surface area contributed by atoms with Crippen LogP contribution >= 0.6 is 0 Å². The molecule has 0 radical (unpaired) electrons. The fraction of sp³-hybridized carbons (Fsp3) is 0.588. The van der Waals surface area contributed by atoms with Crippen molar-refractivity contribution in [2.24, 2.45) is 5.92 Å². The number of ether oxygens (including phenoxy) is 1. The molecular formula is C17H27N3O4S. The van der Waals surface area contributed by atoms with Gasteiger partial charge in [-0.3, -0.25) is 4.79 Å². The maximum Gasteiger partial charge on any atom is 0.251 e. The van der Waals surface area contributed by atoms with Crippen molar-refractivity contribution in [2.45, 2.75) is 31.2 Å². The SMILES string of the molecule is COCCNS(=O)(=O)c1ccc(C)c(C(=O)NC2CCNCC2C)c1. The average Bonchev–Trinajstić information content (AvgIpc) is 2.57. The fourth-order valence-corrected chi connectivity index (χ4v) is 3.89. The minimum absolute atomic E-state index is 0.0812. The van der Waals surface area contributed by atoms with Gasteiger partial charge >= 0.3 is 0 Å². The largest absolute Gasteiger partial charge is 0.383 e. The molecule has 8 heteroatoms. The monoisotopic (exact) mass is 369 g/mol. The van der Waals surface area contributed by atoms with E-state index in [2.05, 4.69) is 22.3 Å². The number of hydrogen-bond acceptors (Lipinski definition) is 5. The highest BCUT2D eigenvalue weighted by molar-refractivity contribution is 7.89. The summed E-state index contributed by atoms with van der Waals surface area (Å²) in [4.78, 5) is 12.7. The van der Waals surface area contributed by atoms with E-state index in [0.717, 1.165) is 25.1 Å². The summed E-state index contributed by atoms with van der Waals surface area (Å²) < 4.78 is 32.0. The van der Waals surface area contributed by atoms with Crippen LogP contribution in [-0.2, 0) is 14.8 Å². The molecule has 2 unspecified atom stereocenters. The average molecular weight is 369 g/mol. The molecule has 25 heavy (non-hydrogen) atoms. The van der Waals surface area contributed by atoms with Crippen LogP contribution in [0.5, 0.6) is 0 Å². The first-order valence-electron chi connectivity index (χ1n) is 8.46. The first-order valence-corrected chi connectivity index (χ1v) is 9.94. The van der Waals surface area contributed by atoms with Crippen LogP contribution < -0.4 is 15.4 Å². The summed E-state index contributed by atoms with van der Waals surface area (Å²) in [5.41, 5.74) is 1.13. The molecular weight excluding hydrogens is 342 g/mol. The Labute approximate surface area is 149 Å². The summed E-state index contributed by atoms with van der Waals surface area (Å²) in [5.74, 6) is 0.103. The van der Waals surface area contributed by atoms with Crippen molar-refractivity contribution < 1.29 is 17.9 Å². The molecule has 3 N–H and O–H groups in total. The Hall–Kier alpha value is -1.48. The first-order chi connectivity index (χ1) is 11.8. The van der Waals surface area contributed by atoms with Crippen molar-refractivity contribution in [1.29, 1.82) is 0 Å². The van der Waals surface area contributed by atoms with Crippen LogP contribution in [0, 0.1) is 12.8 Å². The number of benzene rings is 1. The molecule has 1 aromatic carbocycles. The summed E-state index contributed by atoms with van der Waals surface area (Å²) in [7, 11) is -2.16. The summed E-state index contributed by atoms with van der Waals surface area (Å²) >= 11 is 0. The Balaban J connectivity index is 2.16. The molecule has 1 amide bonds. The molecule has 140 valence electrons. The third kappa shape index (κ3) is 5.24. The highest BCUT2D eigenvalue weighted by atomic mass is 32.2. The van der Waals surface area contributed by atoms with Crippen LogP contribution in [0.2, 0.25) is 0 Å².